The Morgan fingerprint density at radius 2 is 2.00 bits per heavy atom. The molecule has 0 fully saturated rings. The summed E-state index contributed by atoms with van der Waals surface area (Å²) < 4.78 is -0.467. The van der Waals surface area contributed by atoms with E-state index in [9.17, 15) is 9.59 Å². The lowest BCUT2D eigenvalue weighted by atomic mass is 11.0. The normalized spacial score (nSPS) is 7.57. The van der Waals surface area contributed by atoms with Gasteiger partial charge >= 0.3 is 6.03 Å². The smallest absolute Gasteiger partial charge is 0.319 e. The number of hydrogen-bond donors (Lipinski definition) is 2. The van der Waals surface area contributed by atoms with E-state index in [2.05, 4.69) is 5.73 Å². The molecule has 3 amide bonds. The molecule has 0 radical (unpaired) electrons. The fourth-order valence-corrected chi connectivity index (χ4v) is 0.363. The number of nitrogens with two attached hydrogens (primary N) is 1. The Bertz CT molecular complexity index is 89.9. The van der Waals surface area contributed by atoms with E-state index in [4.69, 9.17) is 0 Å². The second-order valence-corrected chi connectivity index (χ2v) is 1.74. The molecular formula is C2H3IN2O2. The summed E-state index contributed by atoms with van der Waals surface area (Å²) in [5.41, 5.74) is 4.52. The van der Waals surface area contributed by atoms with Crippen LogP contribution in [0.4, 0.5) is 9.59 Å². The Morgan fingerprint density at radius 3 is 2.00 bits per heavy atom. The van der Waals surface area contributed by atoms with Gasteiger partial charge < -0.3 is 5.73 Å². The first-order chi connectivity index (χ1) is 3.13. The summed E-state index contributed by atoms with van der Waals surface area (Å²) in [6, 6.07) is -0.820. The van der Waals surface area contributed by atoms with Crippen molar-refractivity contribution in [1.29, 1.82) is 0 Å². The van der Waals surface area contributed by atoms with Crippen molar-refractivity contribution >= 4 is 32.5 Å². The Labute approximate surface area is 53.6 Å². The number of hydrogen-bond acceptors (Lipinski definition) is 2. The van der Waals surface area contributed by atoms with Crippen molar-refractivity contribution in [2.45, 2.75) is 0 Å². The van der Waals surface area contributed by atoms with Crippen molar-refractivity contribution in [2.75, 3.05) is 0 Å². The third-order valence-corrected chi connectivity index (χ3v) is 0.491. The van der Waals surface area contributed by atoms with Crippen LogP contribution in [0.15, 0.2) is 0 Å². The molecule has 5 heteroatoms. The van der Waals surface area contributed by atoms with E-state index in [1.165, 1.54) is 22.6 Å². The van der Waals surface area contributed by atoms with Crippen LogP contribution in [0.1, 0.15) is 0 Å². The standard InChI is InChI=1S/C2H3IN2O2/c3-1(6)5-2(4)7/h(H3,4,5,6,7). The van der Waals surface area contributed by atoms with E-state index in [0.717, 1.165) is 0 Å². The van der Waals surface area contributed by atoms with Crippen molar-refractivity contribution < 1.29 is 9.59 Å². The van der Waals surface area contributed by atoms with Crippen LogP contribution in [0.5, 0.6) is 0 Å². The van der Waals surface area contributed by atoms with Crippen LogP contribution in [-0.4, -0.2) is 9.95 Å². The lowest BCUT2D eigenvalue weighted by Crippen LogP contribution is -2.30. The minimum atomic E-state index is -0.820. The number of imide groups is 1. The summed E-state index contributed by atoms with van der Waals surface area (Å²) in [5.74, 6) is 0. The first kappa shape index (κ1) is 6.67. The summed E-state index contributed by atoms with van der Waals surface area (Å²) in [5, 5.41) is 1.79. The summed E-state index contributed by atoms with van der Waals surface area (Å²) in [4.78, 5) is 19.5. The van der Waals surface area contributed by atoms with Crippen LogP contribution < -0.4 is 11.1 Å². The van der Waals surface area contributed by atoms with Crippen LogP contribution in [0.2, 0.25) is 0 Å². The maximum absolute atomic E-state index is 9.83. The lowest BCUT2D eigenvalue weighted by molar-refractivity contribution is 0.243. The molecule has 7 heavy (non-hydrogen) atoms. The fourth-order valence-electron chi connectivity index (χ4n) is 0.0969. The highest BCUT2D eigenvalue weighted by Gasteiger charge is 1.93. The van der Waals surface area contributed by atoms with Gasteiger partial charge in [0.2, 0.25) is 0 Å². The van der Waals surface area contributed by atoms with Crippen LogP contribution in [-0.2, 0) is 0 Å². The first-order valence-electron chi connectivity index (χ1n) is 1.39. The molecule has 0 aromatic rings. The molecule has 0 heterocycles. The molecule has 0 saturated carbocycles. The molecule has 4 nitrogen and oxygen atoms in total. The number of halogens is 1. The minimum absolute atomic E-state index is 0.467. The predicted octanol–water partition coefficient (Wildman–Crippen LogP) is 0.210. The lowest BCUT2D eigenvalue weighted by Gasteiger charge is -1.86. The molecular weight excluding hydrogens is 211 g/mol. The van der Waals surface area contributed by atoms with Crippen LogP contribution >= 0.6 is 22.6 Å². The average molecular weight is 214 g/mol. The highest BCUT2D eigenvalue weighted by atomic mass is 127. The number of urea groups is 1. The van der Waals surface area contributed by atoms with Gasteiger partial charge in [0.1, 0.15) is 0 Å². The molecule has 0 aliphatic rings. The fraction of sp³-hybridized carbons (Fsp3) is 0. The molecule has 0 aromatic carbocycles. The molecule has 0 aliphatic carbocycles. The molecule has 0 atom stereocenters. The predicted molar refractivity (Wildman–Crippen MR) is 32.1 cm³/mol. The van der Waals surface area contributed by atoms with E-state index in [-0.39, 0.29) is 0 Å². The zero-order valence-corrected chi connectivity index (χ0v) is 5.43. The van der Waals surface area contributed by atoms with Crippen molar-refractivity contribution in [1.82, 2.24) is 5.32 Å². The van der Waals surface area contributed by atoms with Gasteiger partial charge in [0.25, 0.3) is 3.91 Å². The van der Waals surface area contributed by atoms with E-state index in [1.54, 1.807) is 5.32 Å². The van der Waals surface area contributed by atoms with Gasteiger partial charge in [0.05, 0.1) is 0 Å². The largest absolute Gasteiger partial charge is 0.351 e. The second-order valence-electron chi connectivity index (χ2n) is 0.763. The summed E-state index contributed by atoms with van der Waals surface area (Å²) in [6.45, 7) is 0. The summed E-state index contributed by atoms with van der Waals surface area (Å²) in [7, 11) is 0. The van der Waals surface area contributed by atoms with Gasteiger partial charge in [-0.05, 0) is 0 Å². The highest BCUT2D eigenvalue weighted by molar-refractivity contribution is 14.1. The topological polar surface area (TPSA) is 72.2 Å². The molecule has 0 aliphatic heterocycles. The van der Waals surface area contributed by atoms with Gasteiger partial charge in [-0.1, -0.05) is 0 Å². The van der Waals surface area contributed by atoms with Gasteiger partial charge in [-0.15, -0.1) is 0 Å². The number of rotatable bonds is 0. The Kier molecular flexibility index (Phi) is 2.65. The number of carbonyl (C=O) groups excluding carboxylic acids is 2. The SMILES string of the molecule is NC(=O)NC(=O)I. The Balaban J connectivity index is 3.32. The number of carbonyl (C=O) groups is 2. The summed E-state index contributed by atoms with van der Waals surface area (Å²) in [6.07, 6.45) is 0. The molecule has 0 saturated heterocycles. The van der Waals surface area contributed by atoms with Crippen molar-refractivity contribution in [3.05, 3.63) is 0 Å². The van der Waals surface area contributed by atoms with Crippen LogP contribution in [0, 0.1) is 0 Å². The molecule has 0 rings (SSSR count). The molecule has 0 bridgehead atoms. The van der Waals surface area contributed by atoms with E-state index in [1.807, 2.05) is 0 Å². The zero-order valence-electron chi connectivity index (χ0n) is 3.27. The monoisotopic (exact) mass is 214 g/mol. The van der Waals surface area contributed by atoms with Crippen molar-refractivity contribution in [3.8, 4) is 0 Å². The van der Waals surface area contributed by atoms with Gasteiger partial charge in [0.15, 0.2) is 0 Å². The number of nitrogens with one attached hydrogen (secondary N) is 1. The maximum atomic E-state index is 9.83. The van der Waals surface area contributed by atoms with Gasteiger partial charge in [-0.2, -0.15) is 0 Å². The third kappa shape index (κ3) is 5.67. The highest BCUT2D eigenvalue weighted by Crippen LogP contribution is 1.79. The second kappa shape index (κ2) is 2.78. The summed E-state index contributed by atoms with van der Waals surface area (Å²) >= 11 is 1.41. The molecule has 0 unspecified atom stereocenters. The molecule has 40 valence electrons. The quantitative estimate of drug-likeness (QED) is 0.343. The average Bonchev–Trinajstić information content (AvgIpc) is 1.27. The van der Waals surface area contributed by atoms with E-state index in [0.29, 0.717) is 0 Å². The van der Waals surface area contributed by atoms with Gasteiger partial charge in [-0.25, -0.2) is 4.79 Å². The Hall–Kier alpha value is -0.330. The van der Waals surface area contributed by atoms with Crippen LogP contribution in [0.25, 0.3) is 0 Å². The maximum Gasteiger partial charge on any atom is 0.319 e. The Morgan fingerprint density at radius 1 is 1.57 bits per heavy atom. The van der Waals surface area contributed by atoms with E-state index >= 15 is 0 Å². The van der Waals surface area contributed by atoms with Crippen molar-refractivity contribution in [3.63, 3.8) is 0 Å². The molecule has 3 N–H and O–H groups in total. The minimum Gasteiger partial charge on any atom is -0.351 e. The van der Waals surface area contributed by atoms with E-state index < -0.39 is 9.95 Å². The van der Waals surface area contributed by atoms with Crippen LogP contribution in [0.3, 0.4) is 0 Å². The first-order valence-corrected chi connectivity index (χ1v) is 2.46. The zero-order chi connectivity index (χ0) is 5.86. The number of primary amides is 1. The third-order valence-electron chi connectivity index (χ3n) is 0.221. The van der Waals surface area contributed by atoms with Gasteiger partial charge in [0, 0.05) is 22.6 Å². The molecule has 0 spiro atoms. The number of amides is 3. The van der Waals surface area contributed by atoms with Crippen molar-refractivity contribution in [2.24, 2.45) is 5.73 Å². The van der Waals surface area contributed by atoms with Gasteiger partial charge in [-0.3, -0.25) is 10.1 Å². The molecule has 0 aromatic heterocycles.